The van der Waals surface area contributed by atoms with Crippen molar-refractivity contribution in [2.45, 2.75) is 11.0 Å². The van der Waals surface area contributed by atoms with E-state index in [1.807, 2.05) is 30.5 Å². The number of aliphatic hydroxyl groups is 1. The molecule has 1 N–H and O–H groups in total. The van der Waals surface area contributed by atoms with Crippen molar-refractivity contribution in [1.82, 2.24) is 15.0 Å². The molecule has 5 heteroatoms. The van der Waals surface area contributed by atoms with Crippen LogP contribution in [0.5, 0.6) is 0 Å². The van der Waals surface area contributed by atoms with E-state index in [4.69, 9.17) is 0 Å². The highest BCUT2D eigenvalue weighted by Gasteiger charge is 2.17. The van der Waals surface area contributed by atoms with Crippen molar-refractivity contribution in [3.05, 3.63) is 41.7 Å². The van der Waals surface area contributed by atoms with E-state index >= 15 is 0 Å². The highest BCUT2D eigenvalue weighted by atomic mass is 32.2. The van der Waals surface area contributed by atoms with Gasteiger partial charge in [-0.3, -0.25) is 0 Å². The third-order valence-corrected chi connectivity index (χ3v) is 3.27. The van der Waals surface area contributed by atoms with E-state index in [2.05, 4.69) is 10.3 Å². The molecule has 0 aliphatic rings. The lowest BCUT2D eigenvalue weighted by molar-refractivity contribution is 0.207. The predicted molar refractivity (Wildman–Crippen MR) is 63.3 cm³/mol. The van der Waals surface area contributed by atoms with Crippen molar-refractivity contribution in [3.8, 4) is 0 Å². The molecule has 2 rings (SSSR count). The predicted octanol–water partition coefficient (Wildman–Crippen LogP) is 1.62. The molecule has 1 aromatic heterocycles. The molecule has 0 amide bonds. The number of nitrogens with zero attached hydrogens (tertiary/aromatic N) is 3. The quantitative estimate of drug-likeness (QED) is 0.821. The van der Waals surface area contributed by atoms with Gasteiger partial charge in [-0.2, -0.15) is 0 Å². The maximum atomic E-state index is 10.3. The number of aliphatic hydroxyl groups excluding tert-OH is 1. The Hall–Kier alpha value is -1.33. The highest BCUT2D eigenvalue weighted by molar-refractivity contribution is 7.98. The van der Waals surface area contributed by atoms with E-state index in [1.165, 1.54) is 0 Å². The fourth-order valence-electron chi connectivity index (χ4n) is 1.60. The summed E-state index contributed by atoms with van der Waals surface area (Å²) in [4.78, 5) is 1.07. The summed E-state index contributed by atoms with van der Waals surface area (Å²) in [5, 5.41) is 17.8. The van der Waals surface area contributed by atoms with Gasteiger partial charge in [0, 0.05) is 17.5 Å². The van der Waals surface area contributed by atoms with Crippen LogP contribution >= 0.6 is 11.8 Å². The van der Waals surface area contributed by atoms with Crippen LogP contribution in [0.3, 0.4) is 0 Å². The van der Waals surface area contributed by atoms with Crippen LogP contribution in [0.25, 0.3) is 0 Å². The summed E-state index contributed by atoms with van der Waals surface area (Å²) in [6, 6.07) is 7.79. The normalized spacial score (nSPS) is 12.7. The summed E-state index contributed by atoms with van der Waals surface area (Å²) in [6.07, 6.45) is 2.90. The second-order valence-electron chi connectivity index (χ2n) is 3.43. The smallest absolute Gasteiger partial charge is 0.123 e. The zero-order valence-corrected chi connectivity index (χ0v) is 9.98. The van der Waals surface area contributed by atoms with Crippen molar-refractivity contribution < 1.29 is 5.11 Å². The molecule has 0 fully saturated rings. The molecule has 0 aliphatic carbocycles. The molecule has 0 spiro atoms. The maximum absolute atomic E-state index is 10.3. The lowest BCUT2D eigenvalue weighted by Gasteiger charge is -2.13. The first-order valence-electron chi connectivity index (χ1n) is 4.89. The van der Waals surface area contributed by atoms with E-state index in [-0.39, 0.29) is 0 Å². The monoisotopic (exact) mass is 235 g/mol. The molecule has 0 saturated heterocycles. The van der Waals surface area contributed by atoms with Crippen molar-refractivity contribution in [2.75, 3.05) is 6.26 Å². The van der Waals surface area contributed by atoms with Crippen LogP contribution in [0.15, 0.2) is 35.4 Å². The Balaban J connectivity index is 2.41. The topological polar surface area (TPSA) is 50.9 Å². The Morgan fingerprint density at radius 1 is 1.38 bits per heavy atom. The molecule has 84 valence electrons. The standard InChI is InChI=1S/C11H13N3OS/c1-14-9(7-12-13-14)11(15)8-5-3-4-6-10(8)16-2/h3-7,11,15H,1-2H3. The summed E-state index contributed by atoms with van der Waals surface area (Å²) in [5.74, 6) is 0. The van der Waals surface area contributed by atoms with Gasteiger partial charge in [-0.1, -0.05) is 23.4 Å². The highest BCUT2D eigenvalue weighted by Crippen LogP contribution is 2.29. The molecule has 2 aromatic rings. The zero-order valence-electron chi connectivity index (χ0n) is 9.16. The van der Waals surface area contributed by atoms with Gasteiger partial charge in [-0.25, -0.2) is 4.68 Å². The second-order valence-corrected chi connectivity index (χ2v) is 4.28. The molecule has 1 aromatic carbocycles. The number of hydrogen-bond acceptors (Lipinski definition) is 4. The summed E-state index contributed by atoms with van der Waals surface area (Å²) >= 11 is 1.62. The summed E-state index contributed by atoms with van der Waals surface area (Å²) in [5.41, 5.74) is 1.59. The fraction of sp³-hybridized carbons (Fsp3) is 0.273. The molecule has 0 aliphatic heterocycles. The molecular weight excluding hydrogens is 222 g/mol. The maximum Gasteiger partial charge on any atom is 0.123 e. The molecule has 0 saturated carbocycles. The van der Waals surface area contributed by atoms with Crippen molar-refractivity contribution in [3.63, 3.8) is 0 Å². The van der Waals surface area contributed by atoms with E-state index < -0.39 is 6.10 Å². The van der Waals surface area contributed by atoms with Crippen LogP contribution in [0.2, 0.25) is 0 Å². The molecule has 1 unspecified atom stereocenters. The zero-order chi connectivity index (χ0) is 11.5. The first-order valence-corrected chi connectivity index (χ1v) is 6.12. The lowest BCUT2D eigenvalue weighted by Crippen LogP contribution is -2.07. The fourth-order valence-corrected chi connectivity index (χ4v) is 2.23. The number of aryl methyl sites for hydroxylation is 1. The Morgan fingerprint density at radius 3 is 2.75 bits per heavy atom. The van der Waals surface area contributed by atoms with Gasteiger partial charge in [0.1, 0.15) is 6.10 Å². The van der Waals surface area contributed by atoms with E-state index in [0.717, 1.165) is 10.5 Å². The summed E-state index contributed by atoms with van der Waals surface area (Å²) < 4.78 is 1.59. The van der Waals surface area contributed by atoms with Crippen LogP contribution in [0, 0.1) is 0 Å². The van der Waals surface area contributed by atoms with Crippen LogP contribution in [0.1, 0.15) is 17.4 Å². The van der Waals surface area contributed by atoms with Gasteiger partial charge < -0.3 is 5.11 Å². The van der Waals surface area contributed by atoms with Crippen molar-refractivity contribution in [1.29, 1.82) is 0 Å². The van der Waals surface area contributed by atoms with Gasteiger partial charge in [0.15, 0.2) is 0 Å². The molecule has 4 nitrogen and oxygen atoms in total. The van der Waals surface area contributed by atoms with Gasteiger partial charge in [0.05, 0.1) is 11.9 Å². The van der Waals surface area contributed by atoms with E-state index in [0.29, 0.717) is 5.69 Å². The number of benzene rings is 1. The number of aromatic nitrogens is 3. The Morgan fingerprint density at radius 2 is 2.12 bits per heavy atom. The van der Waals surface area contributed by atoms with Gasteiger partial charge in [0.25, 0.3) is 0 Å². The van der Waals surface area contributed by atoms with Crippen LogP contribution in [-0.2, 0) is 7.05 Å². The minimum absolute atomic E-state index is 0.677. The van der Waals surface area contributed by atoms with Crippen LogP contribution < -0.4 is 0 Å². The number of hydrogen-bond donors (Lipinski definition) is 1. The number of rotatable bonds is 3. The SMILES string of the molecule is CSc1ccccc1C(O)c1cnnn1C. The Bertz CT molecular complexity index is 484. The Labute approximate surface area is 98.3 Å². The van der Waals surface area contributed by atoms with Gasteiger partial charge in [-0.05, 0) is 12.3 Å². The van der Waals surface area contributed by atoms with Gasteiger partial charge in [0.2, 0.25) is 0 Å². The average Bonchev–Trinajstić information content (AvgIpc) is 2.74. The second kappa shape index (κ2) is 4.67. The third-order valence-electron chi connectivity index (χ3n) is 2.46. The summed E-state index contributed by atoms with van der Waals surface area (Å²) in [7, 11) is 1.77. The first kappa shape index (κ1) is 11.2. The largest absolute Gasteiger partial charge is 0.382 e. The molecule has 0 radical (unpaired) electrons. The van der Waals surface area contributed by atoms with Crippen molar-refractivity contribution in [2.24, 2.45) is 7.05 Å². The molecule has 16 heavy (non-hydrogen) atoms. The minimum atomic E-state index is -0.677. The van der Waals surface area contributed by atoms with Crippen molar-refractivity contribution >= 4 is 11.8 Å². The molecule has 0 bridgehead atoms. The third kappa shape index (κ3) is 1.96. The lowest BCUT2D eigenvalue weighted by atomic mass is 10.1. The number of thioether (sulfide) groups is 1. The van der Waals surface area contributed by atoms with Gasteiger partial charge >= 0.3 is 0 Å². The van der Waals surface area contributed by atoms with Crippen LogP contribution in [-0.4, -0.2) is 26.4 Å². The van der Waals surface area contributed by atoms with Gasteiger partial charge in [-0.15, -0.1) is 16.9 Å². The molecule has 1 heterocycles. The first-order chi connectivity index (χ1) is 7.74. The van der Waals surface area contributed by atoms with E-state index in [1.54, 1.807) is 29.7 Å². The minimum Gasteiger partial charge on any atom is -0.382 e. The Kier molecular flexibility index (Phi) is 3.26. The van der Waals surface area contributed by atoms with E-state index in [9.17, 15) is 5.11 Å². The average molecular weight is 235 g/mol. The molecule has 1 atom stereocenters. The summed E-state index contributed by atoms with van der Waals surface area (Å²) in [6.45, 7) is 0. The van der Waals surface area contributed by atoms with Crippen LogP contribution in [0.4, 0.5) is 0 Å². The molecular formula is C11H13N3OS.